The lowest BCUT2D eigenvalue weighted by Crippen LogP contribution is -2.23. The molecule has 20 heavy (non-hydrogen) atoms. The fourth-order valence-corrected chi connectivity index (χ4v) is 2.09. The normalized spacial score (nSPS) is 14.6. The fourth-order valence-electron chi connectivity index (χ4n) is 2.09. The molecule has 0 radical (unpaired) electrons. The second kappa shape index (κ2) is 6.91. The number of nitro groups is 1. The lowest BCUT2D eigenvalue weighted by Gasteiger charge is -2.15. The van der Waals surface area contributed by atoms with Gasteiger partial charge in [0.05, 0.1) is 11.5 Å². The summed E-state index contributed by atoms with van der Waals surface area (Å²) < 4.78 is 5.32. The van der Waals surface area contributed by atoms with Crippen LogP contribution in [-0.4, -0.2) is 31.2 Å². The molecule has 0 bridgehead atoms. The summed E-state index contributed by atoms with van der Waals surface area (Å²) in [6, 6.07) is 4.87. The largest absolute Gasteiger partial charge is 0.487 e. The van der Waals surface area contributed by atoms with Gasteiger partial charge < -0.3 is 15.4 Å². The van der Waals surface area contributed by atoms with Crippen LogP contribution in [0.1, 0.15) is 13.3 Å². The van der Waals surface area contributed by atoms with Crippen LogP contribution in [0.15, 0.2) is 29.8 Å². The summed E-state index contributed by atoms with van der Waals surface area (Å²) in [5, 5.41) is 17.4. The highest BCUT2D eigenvalue weighted by molar-refractivity contribution is 5.58. The second-order valence-electron chi connectivity index (χ2n) is 4.54. The van der Waals surface area contributed by atoms with E-state index in [0.29, 0.717) is 12.4 Å². The van der Waals surface area contributed by atoms with Crippen molar-refractivity contribution in [2.45, 2.75) is 13.3 Å². The third kappa shape index (κ3) is 3.71. The van der Waals surface area contributed by atoms with Gasteiger partial charge in [-0.25, -0.2) is 0 Å². The van der Waals surface area contributed by atoms with Crippen LogP contribution < -0.4 is 15.4 Å². The molecule has 6 heteroatoms. The molecule has 1 aliphatic rings. The fraction of sp³-hybridized carbons (Fsp3) is 0.429. The molecule has 0 saturated heterocycles. The number of nitrogens with one attached hydrogen (secondary N) is 2. The van der Waals surface area contributed by atoms with E-state index in [1.165, 1.54) is 11.6 Å². The van der Waals surface area contributed by atoms with Gasteiger partial charge in [0.1, 0.15) is 0 Å². The molecular weight excluding hydrogens is 258 g/mol. The number of hydrogen-bond acceptors (Lipinski definition) is 5. The van der Waals surface area contributed by atoms with E-state index < -0.39 is 4.92 Å². The first-order valence-corrected chi connectivity index (χ1v) is 6.74. The van der Waals surface area contributed by atoms with Gasteiger partial charge in [-0.2, -0.15) is 0 Å². The molecular formula is C14H19N3O3. The minimum absolute atomic E-state index is 0.00141. The van der Waals surface area contributed by atoms with Crippen molar-refractivity contribution in [3.8, 4) is 5.75 Å². The molecule has 2 N–H and O–H groups in total. The van der Waals surface area contributed by atoms with Gasteiger partial charge in [0.25, 0.3) is 0 Å². The van der Waals surface area contributed by atoms with E-state index >= 15 is 0 Å². The van der Waals surface area contributed by atoms with Gasteiger partial charge in [0.15, 0.2) is 5.75 Å². The molecule has 1 aromatic rings. The Bertz CT molecular complexity index is 514. The topological polar surface area (TPSA) is 76.4 Å². The Labute approximate surface area is 118 Å². The minimum Gasteiger partial charge on any atom is -0.487 e. The molecule has 0 aliphatic carbocycles. The Morgan fingerprint density at radius 3 is 3.00 bits per heavy atom. The number of hydrogen-bond donors (Lipinski definition) is 2. The molecule has 0 atom stereocenters. The molecule has 0 fully saturated rings. The molecule has 0 amide bonds. The van der Waals surface area contributed by atoms with Crippen LogP contribution in [-0.2, 0) is 0 Å². The number of benzene rings is 1. The van der Waals surface area contributed by atoms with Gasteiger partial charge in [-0.15, -0.1) is 0 Å². The van der Waals surface area contributed by atoms with Crippen molar-refractivity contribution in [2.24, 2.45) is 0 Å². The summed E-state index contributed by atoms with van der Waals surface area (Å²) in [4.78, 5) is 10.5. The van der Waals surface area contributed by atoms with Crippen molar-refractivity contribution in [2.75, 3.05) is 31.6 Å². The molecule has 0 aromatic heterocycles. The molecule has 1 aromatic carbocycles. The molecule has 108 valence electrons. The standard InChI is InChI=1S/C14H19N3O3/c1-2-20-14-9-12(3-4-13(14)17(18)19)16-10-11-5-7-15-8-6-11/h3-5,9,15-16H,2,6-8,10H2,1H3. The smallest absolute Gasteiger partial charge is 0.311 e. The molecule has 6 nitrogen and oxygen atoms in total. The summed E-state index contributed by atoms with van der Waals surface area (Å²) in [7, 11) is 0. The van der Waals surface area contributed by atoms with Crippen molar-refractivity contribution in [3.05, 3.63) is 40.0 Å². The molecule has 2 rings (SSSR count). The molecule has 0 spiro atoms. The van der Waals surface area contributed by atoms with Crippen molar-refractivity contribution < 1.29 is 9.66 Å². The summed E-state index contributed by atoms with van der Waals surface area (Å²) >= 11 is 0. The van der Waals surface area contributed by atoms with Crippen molar-refractivity contribution in [1.82, 2.24) is 5.32 Å². The Balaban J connectivity index is 2.06. The van der Waals surface area contributed by atoms with Crippen LogP contribution in [0.3, 0.4) is 0 Å². The van der Waals surface area contributed by atoms with Crippen LogP contribution in [0.5, 0.6) is 5.75 Å². The van der Waals surface area contributed by atoms with Gasteiger partial charge in [0, 0.05) is 30.9 Å². The average Bonchev–Trinajstić information content (AvgIpc) is 2.46. The average molecular weight is 277 g/mol. The third-order valence-corrected chi connectivity index (χ3v) is 3.13. The van der Waals surface area contributed by atoms with Crippen molar-refractivity contribution in [1.29, 1.82) is 0 Å². The monoisotopic (exact) mass is 277 g/mol. The van der Waals surface area contributed by atoms with Crippen LogP contribution in [0.25, 0.3) is 0 Å². The maximum absolute atomic E-state index is 10.9. The molecule has 0 saturated carbocycles. The SMILES string of the molecule is CCOc1cc(NCC2=CCNCC2)ccc1[N+](=O)[O-]. The zero-order valence-corrected chi connectivity index (χ0v) is 11.5. The number of nitrogens with zero attached hydrogens (tertiary/aromatic N) is 1. The molecule has 1 aliphatic heterocycles. The predicted molar refractivity (Wildman–Crippen MR) is 78.3 cm³/mol. The summed E-state index contributed by atoms with van der Waals surface area (Å²) in [6.45, 7) is 4.87. The Morgan fingerprint density at radius 2 is 2.35 bits per heavy atom. The van der Waals surface area contributed by atoms with E-state index in [9.17, 15) is 10.1 Å². The van der Waals surface area contributed by atoms with Crippen LogP contribution in [0, 0.1) is 10.1 Å². The first-order valence-electron chi connectivity index (χ1n) is 6.74. The summed E-state index contributed by atoms with van der Waals surface area (Å²) in [5.41, 5.74) is 2.18. The van der Waals surface area contributed by atoms with E-state index in [1.807, 2.05) is 6.92 Å². The van der Waals surface area contributed by atoms with E-state index in [1.54, 1.807) is 12.1 Å². The third-order valence-electron chi connectivity index (χ3n) is 3.13. The number of anilines is 1. The van der Waals surface area contributed by atoms with Gasteiger partial charge in [-0.3, -0.25) is 10.1 Å². The molecule has 0 unspecified atom stereocenters. The summed E-state index contributed by atoms with van der Waals surface area (Å²) in [6.07, 6.45) is 3.20. The maximum Gasteiger partial charge on any atom is 0.311 e. The lowest BCUT2D eigenvalue weighted by molar-refractivity contribution is -0.385. The van der Waals surface area contributed by atoms with E-state index in [0.717, 1.165) is 31.7 Å². The Kier molecular flexibility index (Phi) is 4.95. The van der Waals surface area contributed by atoms with Gasteiger partial charge in [-0.05, 0) is 26.0 Å². The quantitative estimate of drug-likeness (QED) is 0.474. The minimum atomic E-state index is -0.426. The Morgan fingerprint density at radius 1 is 1.50 bits per heavy atom. The number of nitro benzene ring substituents is 1. The zero-order valence-electron chi connectivity index (χ0n) is 11.5. The zero-order chi connectivity index (χ0) is 14.4. The van der Waals surface area contributed by atoms with Crippen LogP contribution >= 0.6 is 0 Å². The highest BCUT2D eigenvalue weighted by Crippen LogP contribution is 2.30. The molecule has 1 heterocycles. The number of ether oxygens (including phenoxy) is 1. The predicted octanol–water partition coefficient (Wildman–Crippen LogP) is 2.33. The van der Waals surface area contributed by atoms with Crippen LogP contribution in [0.4, 0.5) is 11.4 Å². The summed E-state index contributed by atoms with van der Waals surface area (Å²) in [5.74, 6) is 0.307. The number of rotatable bonds is 6. The Hall–Kier alpha value is -2.08. The lowest BCUT2D eigenvalue weighted by atomic mass is 10.1. The van der Waals surface area contributed by atoms with E-state index in [4.69, 9.17) is 4.74 Å². The highest BCUT2D eigenvalue weighted by Gasteiger charge is 2.15. The van der Waals surface area contributed by atoms with Gasteiger partial charge >= 0.3 is 5.69 Å². The van der Waals surface area contributed by atoms with Crippen LogP contribution in [0.2, 0.25) is 0 Å². The highest BCUT2D eigenvalue weighted by atomic mass is 16.6. The van der Waals surface area contributed by atoms with Gasteiger partial charge in [0.2, 0.25) is 0 Å². The van der Waals surface area contributed by atoms with E-state index in [-0.39, 0.29) is 5.69 Å². The maximum atomic E-state index is 10.9. The first-order chi connectivity index (χ1) is 9.70. The van der Waals surface area contributed by atoms with E-state index in [2.05, 4.69) is 16.7 Å². The van der Waals surface area contributed by atoms with Crippen molar-refractivity contribution >= 4 is 11.4 Å². The second-order valence-corrected chi connectivity index (χ2v) is 4.54. The first kappa shape index (κ1) is 14.3. The van der Waals surface area contributed by atoms with Gasteiger partial charge in [-0.1, -0.05) is 11.6 Å². The van der Waals surface area contributed by atoms with Crippen molar-refractivity contribution in [3.63, 3.8) is 0 Å².